The van der Waals surface area contributed by atoms with E-state index in [1.807, 2.05) is 0 Å². The van der Waals surface area contributed by atoms with Crippen LogP contribution in [0, 0.1) is 0 Å². The predicted octanol–water partition coefficient (Wildman–Crippen LogP) is 3.22. The van der Waals surface area contributed by atoms with E-state index in [1.54, 1.807) is 0 Å². The highest BCUT2D eigenvalue weighted by molar-refractivity contribution is 14.0. The molecule has 0 aliphatic carbocycles. The molecule has 2 fully saturated rings. The predicted molar refractivity (Wildman–Crippen MR) is 129 cm³/mol. The number of piperidine rings is 1. The molecular weight excluding hydrogens is 465 g/mol. The van der Waals surface area contributed by atoms with Crippen molar-refractivity contribution in [3.8, 4) is 0 Å². The van der Waals surface area contributed by atoms with E-state index < -0.39 is 0 Å². The molecule has 2 heterocycles. The van der Waals surface area contributed by atoms with Crippen LogP contribution >= 0.6 is 24.0 Å². The molecule has 0 aromatic heterocycles. The van der Waals surface area contributed by atoms with E-state index >= 15 is 0 Å². The minimum Gasteiger partial charge on any atom is -0.357 e. The SMILES string of the molecule is CCNC(=NCCC(CC)N1CCCC1=O)NCCN1CCCCC1CC.I. The lowest BCUT2D eigenvalue weighted by Crippen LogP contribution is -2.46. The number of nitrogens with one attached hydrogen (secondary N) is 2. The summed E-state index contributed by atoms with van der Waals surface area (Å²) in [7, 11) is 0. The lowest BCUT2D eigenvalue weighted by atomic mass is 10.0. The van der Waals surface area contributed by atoms with E-state index in [9.17, 15) is 4.79 Å². The number of nitrogens with zero attached hydrogens (tertiary/aromatic N) is 3. The van der Waals surface area contributed by atoms with E-state index in [1.165, 1.54) is 32.2 Å². The maximum Gasteiger partial charge on any atom is 0.222 e. The van der Waals surface area contributed by atoms with Crippen LogP contribution in [0.5, 0.6) is 0 Å². The molecule has 0 saturated carbocycles. The van der Waals surface area contributed by atoms with Crippen LogP contribution in [-0.4, -0.2) is 73.0 Å². The highest BCUT2D eigenvalue weighted by Gasteiger charge is 2.26. The van der Waals surface area contributed by atoms with Gasteiger partial charge in [0.15, 0.2) is 5.96 Å². The molecule has 2 aliphatic heterocycles. The van der Waals surface area contributed by atoms with Crippen LogP contribution in [0.3, 0.4) is 0 Å². The van der Waals surface area contributed by atoms with Gasteiger partial charge in [-0.15, -0.1) is 24.0 Å². The van der Waals surface area contributed by atoms with Gasteiger partial charge in [0.2, 0.25) is 5.91 Å². The summed E-state index contributed by atoms with van der Waals surface area (Å²) in [4.78, 5) is 21.4. The summed E-state index contributed by atoms with van der Waals surface area (Å²) in [5, 5.41) is 6.85. The van der Waals surface area contributed by atoms with Crippen LogP contribution in [0.4, 0.5) is 0 Å². The first-order valence-electron chi connectivity index (χ1n) is 11.2. The fourth-order valence-electron chi connectivity index (χ4n) is 4.44. The maximum atomic E-state index is 12.0. The molecule has 0 aromatic rings. The topological polar surface area (TPSA) is 60.0 Å². The molecule has 2 unspecified atom stereocenters. The summed E-state index contributed by atoms with van der Waals surface area (Å²) in [6.07, 6.45) is 9.00. The average molecular weight is 508 g/mol. The van der Waals surface area contributed by atoms with Crippen LogP contribution in [0.2, 0.25) is 0 Å². The molecule has 6 nitrogen and oxygen atoms in total. The number of likely N-dealkylation sites (tertiary alicyclic amines) is 2. The number of carbonyl (C=O) groups excluding carboxylic acids is 1. The van der Waals surface area contributed by atoms with Gasteiger partial charge in [-0.25, -0.2) is 0 Å². The third-order valence-electron chi connectivity index (χ3n) is 6.01. The van der Waals surface area contributed by atoms with Crippen molar-refractivity contribution in [3.63, 3.8) is 0 Å². The zero-order chi connectivity index (χ0) is 19.5. The molecule has 0 bridgehead atoms. The minimum atomic E-state index is 0. The molecule has 164 valence electrons. The van der Waals surface area contributed by atoms with E-state index in [0.717, 1.165) is 70.4 Å². The lowest BCUT2D eigenvalue weighted by Gasteiger charge is -2.35. The maximum absolute atomic E-state index is 12.0. The van der Waals surface area contributed by atoms with Gasteiger partial charge < -0.3 is 15.5 Å². The Morgan fingerprint density at radius 2 is 2.00 bits per heavy atom. The zero-order valence-electron chi connectivity index (χ0n) is 18.2. The number of rotatable bonds is 10. The molecule has 2 saturated heterocycles. The molecule has 2 N–H and O–H groups in total. The normalized spacial score (nSPS) is 22.1. The molecular formula is C21H42IN5O. The molecule has 0 radical (unpaired) electrons. The molecule has 7 heteroatoms. The molecule has 28 heavy (non-hydrogen) atoms. The molecule has 0 aromatic carbocycles. The number of amides is 1. The molecule has 2 aliphatic rings. The van der Waals surface area contributed by atoms with Gasteiger partial charge in [0.25, 0.3) is 0 Å². The zero-order valence-corrected chi connectivity index (χ0v) is 20.5. The second-order valence-corrected chi connectivity index (χ2v) is 7.82. The van der Waals surface area contributed by atoms with Crippen molar-refractivity contribution in [1.29, 1.82) is 0 Å². The molecule has 2 atom stereocenters. The Kier molecular flexibility index (Phi) is 13.1. The van der Waals surface area contributed by atoms with Crippen LogP contribution < -0.4 is 10.6 Å². The van der Waals surface area contributed by atoms with Gasteiger partial charge >= 0.3 is 0 Å². The summed E-state index contributed by atoms with van der Waals surface area (Å²) in [5.41, 5.74) is 0. The average Bonchev–Trinajstić information content (AvgIpc) is 3.11. The van der Waals surface area contributed by atoms with Gasteiger partial charge in [-0.1, -0.05) is 20.3 Å². The van der Waals surface area contributed by atoms with Gasteiger partial charge in [0.1, 0.15) is 0 Å². The largest absolute Gasteiger partial charge is 0.357 e. The van der Waals surface area contributed by atoms with Crippen molar-refractivity contribution < 1.29 is 4.79 Å². The first-order valence-corrected chi connectivity index (χ1v) is 11.2. The van der Waals surface area contributed by atoms with Gasteiger partial charge in [-0.3, -0.25) is 14.7 Å². The fraction of sp³-hybridized carbons (Fsp3) is 0.905. The Morgan fingerprint density at radius 3 is 2.64 bits per heavy atom. The first-order chi connectivity index (χ1) is 13.2. The smallest absolute Gasteiger partial charge is 0.222 e. The van der Waals surface area contributed by atoms with Crippen molar-refractivity contribution in [1.82, 2.24) is 20.4 Å². The van der Waals surface area contributed by atoms with E-state index in [-0.39, 0.29) is 24.0 Å². The first kappa shape index (κ1) is 25.5. The molecule has 2 rings (SSSR count). The second kappa shape index (κ2) is 14.4. The Balaban J connectivity index is 0.00000392. The standard InChI is InChI=1S/C21H41N5O.HI/c1-4-18-10-7-8-15-25(18)17-14-24-21(22-6-3)23-13-12-19(5-2)26-16-9-11-20(26)27;/h18-19H,4-17H2,1-3H3,(H2,22,23,24);1H. The molecule has 0 spiro atoms. The van der Waals surface area contributed by atoms with Crippen molar-refractivity contribution in [2.24, 2.45) is 4.99 Å². The summed E-state index contributed by atoms with van der Waals surface area (Å²) >= 11 is 0. The third kappa shape index (κ3) is 8.05. The highest BCUT2D eigenvalue weighted by atomic mass is 127. The van der Waals surface area contributed by atoms with Gasteiger partial charge in [0.05, 0.1) is 0 Å². The summed E-state index contributed by atoms with van der Waals surface area (Å²) in [6.45, 7) is 12.4. The second-order valence-electron chi connectivity index (χ2n) is 7.82. The van der Waals surface area contributed by atoms with Crippen molar-refractivity contribution in [2.45, 2.75) is 84.2 Å². The minimum absolute atomic E-state index is 0. The van der Waals surface area contributed by atoms with Crippen LogP contribution in [-0.2, 0) is 4.79 Å². The Morgan fingerprint density at radius 1 is 1.18 bits per heavy atom. The van der Waals surface area contributed by atoms with E-state index in [2.05, 4.69) is 41.2 Å². The summed E-state index contributed by atoms with van der Waals surface area (Å²) < 4.78 is 0. The number of halogens is 1. The Labute approximate surface area is 189 Å². The van der Waals surface area contributed by atoms with Crippen molar-refractivity contribution in [2.75, 3.05) is 39.3 Å². The lowest BCUT2D eigenvalue weighted by molar-refractivity contribution is -0.129. The Hall–Kier alpha value is -0.570. The molecule has 1 amide bonds. The van der Waals surface area contributed by atoms with E-state index in [4.69, 9.17) is 4.99 Å². The Bertz CT molecular complexity index is 474. The van der Waals surface area contributed by atoms with E-state index in [0.29, 0.717) is 11.9 Å². The van der Waals surface area contributed by atoms with Crippen LogP contribution in [0.1, 0.15) is 72.1 Å². The summed E-state index contributed by atoms with van der Waals surface area (Å²) in [6, 6.07) is 1.09. The quantitative estimate of drug-likeness (QED) is 0.271. The fourth-order valence-corrected chi connectivity index (χ4v) is 4.44. The van der Waals surface area contributed by atoms with Crippen molar-refractivity contribution in [3.05, 3.63) is 0 Å². The van der Waals surface area contributed by atoms with Crippen LogP contribution in [0.25, 0.3) is 0 Å². The number of aliphatic imine (C=N–C) groups is 1. The number of hydrogen-bond donors (Lipinski definition) is 2. The number of hydrogen-bond acceptors (Lipinski definition) is 3. The number of guanidine groups is 1. The van der Waals surface area contributed by atoms with Gasteiger partial charge in [-0.2, -0.15) is 0 Å². The highest BCUT2D eigenvalue weighted by Crippen LogP contribution is 2.19. The third-order valence-corrected chi connectivity index (χ3v) is 6.01. The van der Waals surface area contributed by atoms with Gasteiger partial charge in [-0.05, 0) is 52.0 Å². The summed E-state index contributed by atoms with van der Waals surface area (Å²) in [5.74, 6) is 1.23. The monoisotopic (exact) mass is 507 g/mol. The van der Waals surface area contributed by atoms with Crippen molar-refractivity contribution >= 4 is 35.8 Å². The number of carbonyl (C=O) groups is 1. The van der Waals surface area contributed by atoms with Crippen LogP contribution in [0.15, 0.2) is 4.99 Å². The van der Waals surface area contributed by atoms with Gasteiger partial charge in [0, 0.05) is 51.2 Å².